The highest BCUT2D eigenvalue weighted by Gasteiger charge is 2.33. The average Bonchev–Trinajstić information content (AvgIpc) is 3.29. The maximum absolute atomic E-state index is 6.28. The van der Waals surface area contributed by atoms with Gasteiger partial charge in [-0.2, -0.15) is 5.10 Å². The second kappa shape index (κ2) is 6.96. The summed E-state index contributed by atoms with van der Waals surface area (Å²) in [4.78, 5) is 9.33. The van der Waals surface area contributed by atoms with Crippen molar-refractivity contribution in [3.05, 3.63) is 36.3 Å². The van der Waals surface area contributed by atoms with Crippen LogP contribution in [0, 0.1) is 0 Å². The summed E-state index contributed by atoms with van der Waals surface area (Å²) in [7, 11) is 0. The number of aromatic nitrogens is 5. The van der Waals surface area contributed by atoms with Crippen molar-refractivity contribution >= 4 is 0 Å². The molecule has 0 amide bonds. The Morgan fingerprint density at radius 1 is 1.24 bits per heavy atom. The van der Waals surface area contributed by atoms with Crippen LogP contribution >= 0.6 is 0 Å². The maximum atomic E-state index is 6.28. The Morgan fingerprint density at radius 2 is 2.10 bits per heavy atom. The first-order valence-corrected chi connectivity index (χ1v) is 10.1. The molecule has 0 saturated carbocycles. The van der Waals surface area contributed by atoms with Crippen molar-refractivity contribution < 1.29 is 9.47 Å². The summed E-state index contributed by atoms with van der Waals surface area (Å²) in [5.41, 5.74) is 9.16. The van der Waals surface area contributed by atoms with E-state index in [1.807, 2.05) is 10.9 Å². The summed E-state index contributed by atoms with van der Waals surface area (Å²) >= 11 is 0. The lowest BCUT2D eigenvalue weighted by atomic mass is 9.90. The molecule has 2 aromatic heterocycles. The molecule has 5 rings (SSSR count). The van der Waals surface area contributed by atoms with Crippen molar-refractivity contribution in [2.45, 2.75) is 44.8 Å². The highest BCUT2D eigenvalue weighted by atomic mass is 16.5. The second-order valence-corrected chi connectivity index (χ2v) is 8.30. The zero-order valence-corrected chi connectivity index (χ0v) is 16.8. The number of hydrogen-bond acceptors (Lipinski definition) is 6. The SMILES string of the molecule is CC(C)n1ncnc1-c1cn2c(n1)-c1ccc(CCC3(N)COC3)cc1OCC2. The minimum Gasteiger partial charge on any atom is -0.491 e. The number of imidazole rings is 1. The Balaban J connectivity index is 1.46. The third kappa shape index (κ3) is 3.32. The van der Waals surface area contributed by atoms with Crippen LogP contribution in [0.3, 0.4) is 0 Å². The van der Waals surface area contributed by atoms with E-state index in [4.69, 9.17) is 20.2 Å². The van der Waals surface area contributed by atoms with Gasteiger partial charge in [-0.1, -0.05) is 6.07 Å². The number of ether oxygens (including phenoxy) is 2. The average molecular weight is 394 g/mol. The van der Waals surface area contributed by atoms with E-state index in [0.29, 0.717) is 19.8 Å². The quantitative estimate of drug-likeness (QED) is 0.714. The number of fused-ring (bicyclic) bond motifs is 3. The third-order valence-electron chi connectivity index (χ3n) is 5.64. The van der Waals surface area contributed by atoms with Crippen LogP contribution in [0.5, 0.6) is 5.75 Å². The van der Waals surface area contributed by atoms with E-state index in [9.17, 15) is 0 Å². The maximum Gasteiger partial charge on any atom is 0.178 e. The number of hydrogen-bond donors (Lipinski definition) is 1. The highest BCUT2D eigenvalue weighted by molar-refractivity contribution is 5.68. The van der Waals surface area contributed by atoms with Crippen LogP contribution in [-0.2, 0) is 17.7 Å². The normalized spacial score (nSPS) is 17.2. The lowest BCUT2D eigenvalue weighted by Crippen LogP contribution is -2.57. The summed E-state index contributed by atoms with van der Waals surface area (Å²) in [6, 6.07) is 6.59. The number of benzene rings is 1. The molecular formula is C21H26N6O2. The Labute approximate surface area is 169 Å². The van der Waals surface area contributed by atoms with E-state index in [2.05, 4.69) is 46.7 Å². The van der Waals surface area contributed by atoms with Gasteiger partial charge in [-0.15, -0.1) is 0 Å². The Hall–Kier alpha value is -2.71. The molecule has 4 heterocycles. The van der Waals surface area contributed by atoms with Crippen molar-refractivity contribution in [1.29, 1.82) is 0 Å². The van der Waals surface area contributed by atoms with Gasteiger partial charge in [0.15, 0.2) is 5.82 Å². The van der Waals surface area contributed by atoms with Gasteiger partial charge in [-0.25, -0.2) is 14.6 Å². The lowest BCUT2D eigenvalue weighted by Gasteiger charge is -2.37. The first kappa shape index (κ1) is 18.3. The first-order chi connectivity index (χ1) is 14.0. The zero-order chi connectivity index (χ0) is 20.0. The fourth-order valence-corrected chi connectivity index (χ4v) is 3.90. The van der Waals surface area contributed by atoms with Crippen molar-refractivity contribution in [2.75, 3.05) is 19.8 Å². The van der Waals surface area contributed by atoms with Gasteiger partial charge in [0.25, 0.3) is 0 Å². The molecule has 0 radical (unpaired) electrons. The molecule has 152 valence electrons. The molecule has 1 saturated heterocycles. The summed E-state index contributed by atoms with van der Waals surface area (Å²) in [5.74, 6) is 2.57. The topological polar surface area (TPSA) is 93.0 Å². The number of aryl methyl sites for hydroxylation is 1. The molecule has 1 aromatic carbocycles. The van der Waals surface area contributed by atoms with Gasteiger partial charge < -0.3 is 19.8 Å². The van der Waals surface area contributed by atoms with E-state index in [1.54, 1.807) is 6.33 Å². The number of rotatable bonds is 5. The number of nitrogens with two attached hydrogens (primary N) is 1. The predicted molar refractivity (Wildman–Crippen MR) is 109 cm³/mol. The molecule has 0 aliphatic carbocycles. The molecule has 29 heavy (non-hydrogen) atoms. The van der Waals surface area contributed by atoms with Crippen LogP contribution in [0.4, 0.5) is 0 Å². The van der Waals surface area contributed by atoms with E-state index < -0.39 is 0 Å². The summed E-state index contributed by atoms with van der Waals surface area (Å²) in [5, 5.41) is 4.34. The van der Waals surface area contributed by atoms with Gasteiger partial charge in [0.05, 0.1) is 30.9 Å². The zero-order valence-electron chi connectivity index (χ0n) is 16.8. The fraction of sp³-hybridized carbons (Fsp3) is 0.476. The minimum absolute atomic E-state index is 0.175. The van der Waals surface area contributed by atoms with Crippen LogP contribution in [0.1, 0.15) is 31.9 Å². The molecule has 0 bridgehead atoms. The van der Waals surface area contributed by atoms with Crippen molar-refractivity contribution in [3.8, 4) is 28.7 Å². The molecule has 2 N–H and O–H groups in total. The monoisotopic (exact) mass is 394 g/mol. The standard InChI is InChI=1S/C21H26N6O2/c1-14(2)27-20(23-13-24-27)17-10-26-7-8-29-18-9-15(3-4-16(18)19(26)25-17)5-6-21(22)11-28-12-21/h3-4,9-10,13-14H,5-8,11-12,22H2,1-2H3. The molecule has 8 nitrogen and oxygen atoms in total. The third-order valence-corrected chi connectivity index (χ3v) is 5.64. The molecule has 0 atom stereocenters. The van der Waals surface area contributed by atoms with Crippen LogP contribution < -0.4 is 10.5 Å². The minimum atomic E-state index is -0.175. The first-order valence-electron chi connectivity index (χ1n) is 10.1. The molecule has 3 aromatic rings. The van der Waals surface area contributed by atoms with E-state index in [1.165, 1.54) is 5.56 Å². The second-order valence-electron chi connectivity index (χ2n) is 8.30. The van der Waals surface area contributed by atoms with Gasteiger partial charge in [-0.05, 0) is 44.4 Å². The summed E-state index contributed by atoms with van der Waals surface area (Å²) in [6.45, 7) is 6.82. The number of nitrogens with zero attached hydrogens (tertiary/aromatic N) is 5. The molecule has 0 unspecified atom stereocenters. The van der Waals surface area contributed by atoms with Crippen LogP contribution in [0.2, 0.25) is 0 Å². The highest BCUT2D eigenvalue weighted by Crippen LogP contribution is 2.35. The van der Waals surface area contributed by atoms with Gasteiger partial charge in [0.2, 0.25) is 0 Å². The fourth-order valence-electron chi connectivity index (χ4n) is 3.90. The Bertz CT molecular complexity index is 1030. The van der Waals surface area contributed by atoms with Gasteiger partial charge in [0.1, 0.15) is 30.2 Å². The van der Waals surface area contributed by atoms with Crippen LogP contribution in [0.15, 0.2) is 30.7 Å². The molecular weight excluding hydrogens is 368 g/mol. The van der Waals surface area contributed by atoms with Gasteiger partial charge in [-0.3, -0.25) is 0 Å². The van der Waals surface area contributed by atoms with Crippen LogP contribution in [0.25, 0.3) is 22.9 Å². The molecule has 2 aliphatic rings. The Kier molecular flexibility index (Phi) is 4.40. The summed E-state index contributed by atoms with van der Waals surface area (Å²) in [6.07, 6.45) is 5.45. The molecule has 1 fully saturated rings. The van der Waals surface area contributed by atoms with Gasteiger partial charge >= 0.3 is 0 Å². The van der Waals surface area contributed by atoms with Gasteiger partial charge in [0, 0.05) is 12.2 Å². The predicted octanol–water partition coefficient (Wildman–Crippen LogP) is 2.44. The van der Waals surface area contributed by atoms with E-state index in [-0.39, 0.29) is 11.6 Å². The van der Waals surface area contributed by atoms with Crippen molar-refractivity contribution in [2.24, 2.45) is 5.73 Å². The molecule has 8 heteroatoms. The smallest absolute Gasteiger partial charge is 0.178 e. The van der Waals surface area contributed by atoms with E-state index in [0.717, 1.165) is 48.0 Å². The van der Waals surface area contributed by atoms with Crippen molar-refractivity contribution in [1.82, 2.24) is 24.3 Å². The Morgan fingerprint density at radius 3 is 2.86 bits per heavy atom. The molecule has 0 spiro atoms. The molecule has 2 aliphatic heterocycles. The van der Waals surface area contributed by atoms with Crippen LogP contribution in [-0.4, -0.2) is 49.7 Å². The largest absolute Gasteiger partial charge is 0.491 e. The van der Waals surface area contributed by atoms with Crippen molar-refractivity contribution in [3.63, 3.8) is 0 Å². The van der Waals surface area contributed by atoms with E-state index >= 15 is 0 Å². The lowest BCUT2D eigenvalue weighted by molar-refractivity contribution is -0.0570. The summed E-state index contributed by atoms with van der Waals surface area (Å²) < 4.78 is 15.3.